The molecule has 0 saturated carbocycles. The first-order valence-corrected chi connectivity index (χ1v) is 16.7. The van der Waals surface area contributed by atoms with Gasteiger partial charge in [-0.25, -0.2) is 0 Å². The van der Waals surface area contributed by atoms with Crippen LogP contribution in [-0.2, 0) is 25.2 Å². The third-order valence-electron chi connectivity index (χ3n) is 8.39. The molecule has 1 aromatic carbocycles. The van der Waals surface area contributed by atoms with Gasteiger partial charge in [-0.3, -0.25) is 14.4 Å². The summed E-state index contributed by atoms with van der Waals surface area (Å²) < 4.78 is 6.79. The molecule has 0 radical (unpaired) electrons. The fraction of sp³-hybridized carbons (Fsp3) is 0.719. The minimum absolute atomic E-state index is 0.0723. The van der Waals surface area contributed by atoms with Crippen LogP contribution >= 0.6 is 0 Å². The molecule has 1 aromatic rings. The summed E-state index contributed by atoms with van der Waals surface area (Å²) in [5, 5.41) is 5.39. The summed E-state index contributed by atoms with van der Waals surface area (Å²) in [5.74, 6) is -0.670. The van der Waals surface area contributed by atoms with Crippen molar-refractivity contribution in [2.75, 3.05) is 13.6 Å². The van der Waals surface area contributed by atoms with Gasteiger partial charge in [0.1, 0.15) is 12.1 Å². The maximum Gasteiger partial charge on any atom is 0.315 e. The monoisotopic (exact) mass is 573 g/mol. The van der Waals surface area contributed by atoms with Crippen LogP contribution in [0.5, 0.6) is 0 Å². The van der Waals surface area contributed by atoms with Crippen LogP contribution in [0.25, 0.3) is 0 Å². The third kappa shape index (κ3) is 7.17. The summed E-state index contributed by atoms with van der Waals surface area (Å²) in [7, 11) is -1.09. The summed E-state index contributed by atoms with van der Waals surface area (Å²) in [6.07, 6.45) is 1.64. The molecule has 1 aliphatic heterocycles. The number of rotatable bonds is 9. The third-order valence-corrected chi connectivity index (χ3v) is 15.2. The summed E-state index contributed by atoms with van der Waals surface area (Å²) in [5.41, 5.74) is 0.939. The van der Waals surface area contributed by atoms with E-state index in [0.717, 1.165) is 12.0 Å². The number of benzene rings is 1. The van der Waals surface area contributed by atoms with Crippen molar-refractivity contribution in [3.05, 3.63) is 35.9 Å². The first-order chi connectivity index (χ1) is 18.3. The molecule has 8 heteroatoms. The van der Waals surface area contributed by atoms with Crippen LogP contribution in [-0.4, -0.2) is 62.7 Å². The number of likely N-dealkylation sites (tertiary alicyclic amines) is 1. The number of carbonyl (C=O) groups is 3. The second kappa shape index (κ2) is 12.8. The second-order valence-corrected chi connectivity index (χ2v) is 20.9. The molecule has 226 valence electrons. The Labute approximate surface area is 244 Å². The van der Waals surface area contributed by atoms with Crippen molar-refractivity contribution < 1.29 is 18.8 Å². The van der Waals surface area contributed by atoms with Crippen LogP contribution in [0.15, 0.2) is 30.3 Å². The molecule has 1 heterocycles. The van der Waals surface area contributed by atoms with Crippen molar-refractivity contribution >= 4 is 26.1 Å². The summed E-state index contributed by atoms with van der Waals surface area (Å²) >= 11 is 0. The van der Waals surface area contributed by atoms with Crippen LogP contribution in [0.3, 0.4) is 0 Å². The van der Waals surface area contributed by atoms with E-state index in [-0.39, 0.29) is 38.9 Å². The van der Waals surface area contributed by atoms with Gasteiger partial charge < -0.3 is 20.0 Å². The lowest BCUT2D eigenvalue weighted by Gasteiger charge is -2.57. The molecule has 7 nitrogen and oxygen atoms in total. The van der Waals surface area contributed by atoms with E-state index in [1.807, 2.05) is 44.2 Å². The van der Waals surface area contributed by atoms with Gasteiger partial charge in [0.15, 0.2) is 0 Å². The summed E-state index contributed by atoms with van der Waals surface area (Å²) in [6.45, 7) is 24.0. The van der Waals surface area contributed by atoms with Gasteiger partial charge in [-0.05, 0) is 46.5 Å². The molecule has 0 aliphatic carbocycles. The molecular weight excluding hydrogens is 518 g/mol. The Morgan fingerprint density at radius 3 is 1.93 bits per heavy atom. The van der Waals surface area contributed by atoms with Crippen molar-refractivity contribution in [3.63, 3.8) is 0 Å². The Kier molecular flexibility index (Phi) is 10.9. The Balaban J connectivity index is 2.46. The fourth-order valence-corrected chi connectivity index (χ4v) is 15.7. The van der Waals surface area contributed by atoms with E-state index in [4.69, 9.17) is 4.43 Å². The zero-order chi connectivity index (χ0) is 30.7. The first-order valence-electron chi connectivity index (χ1n) is 14.8. The van der Waals surface area contributed by atoms with Crippen molar-refractivity contribution in [1.82, 2.24) is 15.5 Å². The summed E-state index contributed by atoms with van der Waals surface area (Å²) in [6, 6.07) is 7.87. The van der Waals surface area contributed by atoms with Gasteiger partial charge in [0, 0.05) is 13.0 Å². The lowest BCUT2D eigenvalue weighted by atomic mass is 10.0. The number of likely N-dealkylation sites (N-methyl/N-ethyl adjacent to an activating group) is 1. The molecular formula is C32H55N3O4Si. The average Bonchev–Trinajstić information content (AvgIpc) is 3.30. The van der Waals surface area contributed by atoms with E-state index in [1.165, 1.54) is 0 Å². The predicted octanol–water partition coefficient (Wildman–Crippen LogP) is 5.84. The van der Waals surface area contributed by atoms with Crippen molar-refractivity contribution in [2.45, 2.75) is 129 Å². The van der Waals surface area contributed by atoms with Crippen molar-refractivity contribution in [1.29, 1.82) is 0 Å². The Bertz CT molecular complexity index is 985. The highest BCUT2D eigenvalue weighted by Gasteiger charge is 2.65. The van der Waals surface area contributed by atoms with E-state index in [1.54, 1.807) is 11.9 Å². The van der Waals surface area contributed by atoms with Gasteiger partial charge in [0.05, 0.1) is 6.04 Å². The minimum Gasteiger partial charge on any atom is -0.516 e. The van der Waals surface area contributed by atoms with E-state index in [9.17, 15) is 14.4 Å². The number of carbonyl (C=O) groups excluding carboxylic acids is 3. The van der Waals surface area contributed by atoms with E-state index in [2.05, 4.69) is 72.9 Å². The minimum atomic E-state index is -2.86. The molecule has 2 amide bonds. The maximum absolute atomic E-state index is 14.2. The van der Waals surface area contributed by atoms with Crippen LogP contribution < -0.4 is 10.6 Å². The van der Waals surface area contributed by atoms with Crippen LogP contribution in [0.4, 0.5) is 0 Å². The zero-order valence-corrected chi connectivity index (χ0v) is 28.1. The number of hydrogen-bond acceptors (Lipinski definition) is 5. The molecule has 1 fully saturated rings. The number of nitrogens with one attached hydrogen (secondary N) is 2. The highest BCUT2D eigenvalue weighted by Crippen LogP contribution is 2.62. The molecule has 1 saturated heterocycles. The van der Waals surface area contributed by atoms with Crippen molar-refractivity contribution in [3.8, 4) is 0 Å². The highest BCUT2D eigenvalue weighted by molar-refractivity contribution is 6.83. The highest BCUT2D eigenvalue weighted by atomic mass is 28.4. The van der Waals surface area contributed by atoms with Gasteiger partial charge in [-0.1, -0.05) is 106 Å². The largest absolute Gasteiger partial charge is 0.516 e. The maximum atomic E-state index is 14.2. The quantitative estimate of drug-likeness (QED) is 0.363. The van der Waals surface area contributed by atoms with Gasteiger partial charge in [-0.15, -0.1) is 0 Å². The number of amides is 2. The van der Waals surface area contributed by atoms with Crippen LogP contribution in [0.1, 0.15) is 94.6 Å². The molecule has 0 spiro atoms. The second-order valence-electron chi connectivity index (χ2n) is 14.8. The molecule has 0 aromatic heterocycles. The average molecular weight is 574 g/mol. The Morgan fingerprint density at radius 2 is 1.48 bits per heavy atom. The van der Waals surface area contributed by atoms with E-state index >= 15 is 0 Å². The molecule has 0 bridgehead atoms. The molecule has 0 unspecified atom stereocenters. The lowest BCUT2D eigenvalue weighted by Crippen LogP contribution is -2.63. The first kappa shape index (κ1) is 34.0. The van der Waals surface area contributed by atoms with Crippen LogP contribution in [0.2, 0.25) is 15.1 Å². The summed E-state index contributed by atoms with van der Waals surface area (Å²) in [4.78, 5) is 43.0. The van der Waals surface area contributed by atoms with E-state index in [0.29, 0.717) is 19.4 Å². The molecule has 3 atom stereocenters. The van der Waals surface area contributed by atoms with Gasteiger partial charge in [0.2, 0.25) is 11.8 Å². The molecule has 40 heavy (non-hydrogen) atoms. The number of nitrogens with zero attached hydrogens (tertiary/aromatic N) is 1. The Hall–Kier alpha value is -2.19. The van der Waals surface area contributed by atoms with Gasteiger partial charge in [0.25, 0.3) is 8.32 Å². The Morgan fingerprint density at radius 1 is 0.950 bits per heavy atom. The van der Waals surface area contributed by atoms with Crippen LogP contribution in [0, 0.1) is 5.92 Å². The molecule has 2 N–H and O–H groups in total. The van der Waals surface area contributed by atoms with E-state index < -0.39 is 26.4 Å². The number of hydrogen-bond donors (Lipinski definition) is 2. The van der Waals surface area contributed by atoms with Gasteiger partial charge >= 0.3 is 5.97 Å². The molecule has 1 aliphatic rings. The fourth-order valence-electron chi connectivity index (χ4n) is 7.59. The zero-order valence-electron chi connectivity index (χ0n) is 27.1. The van der Waals surface area contributed by atoms with Crippen molar-refractivity contribution in [2.24, 2.45) is 5.92 Å². The lowest BCUT2D eigenvalue weighted by molar-refractivity contribution is -0.144. The van der Waals surface area contributed by atoms with Gasteiger partial charge in [-0.2, -0.15) is 0 Å². The standard InChI is InChI=1S/C32H55N3O4Si/c1-22(2)26(33-12)28(37)35-20-16-19-25(35)27(36)34-24(21-23-17-14-13-15-18-23)29(38)39-40(30(3,4)5,31(6,7)8)32(9,10)11/h13-15,17-18,22,24-26,33H,16,19-21H2,1-12H3,(H,34,36)/t24-,25-,26-/m0/s1. The molecule has 2 rings (SSSR count). The normalized spacial score (nSPS) is 18.4. The topological polar surface area (TPSA) is 87.7 Å². The SMILES string of the molecule is CN[C@H](C(=O)N1CCC[C@H]1C(=O)N[C@@H](Cc1ccccc1)C(=O)O[Si](C(C)(C)C)(C(C)(C)C)C(C)(C)C)C(C)C. The predicted molar refractivity (Wildman–Crippen MR) is 165 cm³/mol. The smallest absolute Gasteiger partial charge is 0.315 e.